The van der Waals surface area contributed by atoms with E-state index in [9.17, 15) is 4.79 Å². The summed E-state index contributed by atoms with van der Waals surface area (Å²) < 4.78 is 1.82. The second-order valence-corrected chi connectivity index (χ2v) is 3.91. The lowest BCUT2D eigenvalue weighted by Crippen LogP contribution is -2.11. The van der Waals surface area contributed by atoms with Gasteiger partial charge >= 0.3 is 0 Å². The zero-order valence-corrected chi connectivity index (χ0v) is 7.78. The Morgan fingerprint density at radius 2 is 2.36 bits per heavy atom. The third kappa shape index (κ3) is 2.19. The highest BCUT2D eigenvalue weighted by Crippen LogP contribution is 2.03. The third-order valence-electron chi connectivity index (χ3n) is 1.54. The van der Waals surface area contributed by atoms with Crippen LogP contribution < -0.4 is 5.56 Å². The normalized spacial score (nSPS) is 10.4. The molecule has 0 aromatic carbocycles. The van der Waals surface area contributed by atoms with Crippen molar-refractivity contribution in [2.75, 3.05) is 0 Å². The first-order valence-corrected chi connectivity index (χ1v) is 4.69. The topological polar surface area (TPSA) is 22.0 Å². The first-order chi connectivity index (χ1) is 5.24. The van der Waals surface area contributed by atoms with E-state index in [1.807, 2.05) is 10.9 Å². The second-order valence-electron chi connectivity index (χ2n) is 2.64. The zero-order valence-electron chi connectivity index (χ0n) is 6.96. The molecular weight excluding hydrogens is 158 g/mol. The maximum Gasteiger partial charge on any atom is 0.260 e. The number of aromatic nitrogens is 1. The van der Waals surface area contributed by atoms with Crippen LogP contribution in [-0.4, -0.2) is 3.96 Å². The van der Waals surface area contributed by atoms with E-state index in [0.29, 0.717) is 0 Å². The van der Waals surface area contributed by atoms with Gasteiger partial charge in [0.1, 0.15) is 0 Å². The number of rotatable bonds is 3. The highest BCUT2D eigenvalue weighted by molar-refractivity contribution is 7.06. The van der Waals surface area contributed by atoms with Crippen molar-refractivity contribution in [3.05, 3.63) is 21.3 Å². The number of hydrogen-bond donors (Lipinski definition) is 0. The van der Waals surface area contributed by atoms with Gasteiger partial charge in [0, 0.05) is 17.5 Å². The molecule has 3 heteroatoms. The predicted molar refractivity (Wildman–Crippen MR) is 48.2 cm³/mol. The minimum absolute atomic E-state index is 0.154. The van der Waals surface area contributed by atoms with Crippen LogP contribution in [0.25, 0.3) is 0 Å². The van der Waals surface area contributed by atoms with E-state index >= 15 is 0 Å². The maximum atomic E-state index is 11.1. The number of unbranched alkanes of at least 4 members (excludes halogenated alkanes) is 1. The summed E-state index contributed by atoms with van der Waals surface area (Å²) in [5, 5.41) is 0. The molecular formula is C8H13NOS. The average molecular weight is 171 g/mol. The molecule has 1 aromatic rings. The van der Waals surface area contributed by atoms with Crippen molar-refractivity contribution in [3.63, 3.8) is 0 Å². The number of nitrogens with zero attached hydrogens (tertiary/aromatic N) is 1. The van der Waals surface area contributed by atoms with Crippen LogP contribution in [0.5, 0.6) is 0 Å². The molecule has 62 valence electrons. The molecule has 0 spiro atoms. The molecule has 1 rings (SSSR count). The lowest BCUT2D eigenvalue weighted by molar-refractivity contribution is 0.658. The first kappa shape index (κ1) is 8.53. The van der Waals surface area contributed by atoms with Crippen molar-refractivity contribution < 1.29 is 0 Å². The van der Waals surface area contributed by atoms with Crippen LogP contribution in [0.1, 0.15) is 24.6 Å². The van der Waals surface area contributed by atoms with Gasteiger partial charge in [-0.2, -0.15) is 0 Å². The van der Waals surface area contributed by atoms with E-state index in [4.69, 9.17) is 0 Å². The van der Waals surface area contributed by atoms with Crippen LogP contribution in [0.2, 0.25) is 0 Å². The molecule has 0 N–H and O–H groups in total. The molecule has 1 aromatic heterocycles. The minimum Gasteiger partial charge on any atom is -0.268 e. The van der Waals surface area contributed by atoms with Crippen molar-refractivity contribution in [1.82, 2.24) is 3.96 Å². The molecule has 0 radical (unpaired) electrons. The van der Waals surface area contributed by atoms with Gasteiger partial charge < -0.3 is 0 Å². The van der Waals surface area contributed by atoms with Crippen molar-refractivity contribution >= 4 is 11.5 Å². The summed E-state index contributed by atoms with van der Waals surface area (Å²) in [6, 6.07) is 1.69. The summed E-state index contributed by atoms with van der Waals surface area (Å²) >= 11 is 1.56. The molecule has 11 heavy (non-hydrogen) atoms. The highest BCUT2D eigenvalue weighted by Gasteiger charge is 1.98. The van der Waals surface area contributed by atoms with Crippen molar-refractivity contribution in [2.45, 2.75) is 33.2 Å². The quantitative estimate of drug-likeness (QED) is 0.682. The molecule has 0 aliphatic rings. The molecule has 0 amide bonds. The molecule has 0 fully saturated rings. The van der Waals surface area contributed by atoms with Crippen molar-refractivity contribution in [2.24, 2.45) is 0 Å². The Hall–Kier alpha value is -0.570. The smallest absolute Gasteiger partial charge is 0.260 e. The maximum absolute atomic E-state index is 11.1. The van der Waals surface area contributed by atoms with Gasteiger partial charge in [-0.25, -0.2) is 0 Å². The Bertz CT molecular complexity index is 274. The van der Waals surface area contributed by atoms with E-state index in [-0.39, 0.29) is 5.56 Å². The van der Waals surface area contributed by atoms with E-state index in [2.05, 4.69) is 6.92 Å². The van der Waals surface area contributed by atoms with E-state index in [0.717, 1.165) is 24.3 Å². The molecule has 0 saturated carbocycles. The fourth-order valence-electron chi connectivity index (χ4n) is 0.949. The molecule has 0 unspecified atom stereocenters. The summed E-state index contributed by atoms with van der Waals surface area (Å²) in [5.41, 5.74) is 0.154. The van der Waals surface area contributed by atoms with Crippen LogP contribution in [0, 0.1) is 6.92 Å². The minimum atomic E-state index is 0.154. The molecule has 0 saturated heterocycles. The fraction of sp³-hybridized carbons (Fsp3) is 0.625. The SMILES string of the molecule is CCCCn1sc(C)cc1=O. The van der Waals surface area contributed by atoms with Gasteiger partial charge in [-0.15, -0.1) is 0 Å². The van der Waals surface area contributed by atoms with E-state index in [1.54, 1.807) is 17.6 Å². The van der Waals surface area contributed by atoms with Crippen LogP contribution in [0.15, 0.2) is 10.9 Å². The third-order valence-corrected chi connectivity index (χ3v) is 2.53. The van der Waals surface area contributed by atoms with Crippen LogP contribution in [0.3, 0.4) is 0 Å². The summed E-state index contributed by atoms with van der Waals surface area (Å²) in [4.78, 5) is 12.2. The van der Waals surface area contributed by atoms with Gasteiger partial charge in [0.2, 0.25) is 0 Å². The second kappa shape index (κ2) is 3.72. The lowest BCUT2D eigenvalue weighted by Gasteiger charge is -1.95. The molecule has 0 aliphatic carbocycles. The molecule has 0 aliphatic heterocycles. The summed E-state index contributed by atoms with van der Waals surface area (Å²) in [7, 11) is 0. The van der Waals surface area contributed by atoms with Gasteiger partial charge in [0.05, 0.1) is 0 Å². The first-order valence-electron chi connectivity index (χ1n) is 3.92. The average Bonchev–Trinajstić information content (AvgIpc) is 2.26. The summed E-state index contributed by atoms with van der Waals surface area (Å²) in [5.74, 6) is 0. The van der Waals surface area contributed by atoms with Gasteiger partial charge in [0.25, 0.3) is 5.56 Å². The van der Waals surface area contributed by atoms with Crippen LogP contribution >= 0.6 is 11.5 Å². The fourth-order valence-corrected chi connectivity index (χ4v) is 1.81. The van der Waals surface area contributed by atoms with Crippen LogP contribution in [-0.2, 0) is 6.54 Å². The molecule has 2 nitrogen and oxygen atoms in total. The van der Waals surface area contributed by atoms with Gasteiger partial charge in [-0.1, -0.05) is 24.9 Å². The Kier molecular flexibility index (Phi) is 2.88. The van der Waals surface area contributed by atoms with Crippen molar-refractivity contribution in [1.29, 1.82) is 0 Å². The standard InChI is InChI=1S/C8H13NOS/c1-3-4-5-9-8(10)6-7(2)11-9/h6H,3-5H2,1-2H3. The zero-order chi connectivity index (χ0) is 8.27. The Morgan fingerprint density at radius 3 is 2.82 bits per heavy atom. The van der Waals surface area contributed by atoms with Crippen molar-refractivity contribution in [3.8, 4) is 0 Å². The Labute approximate surface area is 70.6 Å². The Balaban J connectivity index is 2.70. The molecule has 0 atom stereocenters. The van der Waals surface area contributed by atoms with Crippen LogP contribution in [0.4, 0.5) is 0 Å². The predicted octanol–water partition coefficient (Wildman–Crippen LogP) is 2.02. The molecule has 0 bridgehead atoms. The van der Waals surface area contributed by atoms with Gasteiger partial charge in [0.15, 0.2) is 0 Å². The molecule has 1 heterocycles. The lowest BCUT2D eigenvalue weighted by atomic mass is 10.3. The largest absolute Gasteiger partial charge is 0.268 e. The summed E-state index contributed by atoms with van der Waals surface area (Å²) in [6.45, 7) is 4.98. The number of hydrogen-bond acceptors (Lipinski definition) is 2. The number of aryl methyl sites for hydroxylation is 2. The van der Waals surface area contributed by atoms with Gasteiger partial charge in [-0.3, -0.25) is 8.75 Å². The van der Waals surface area contributed by atoms with E-state index in [1.165, 1.54) is 0 Å². The van der Waals surface area contributed by atoms with E-state index < -0.39 is 0 Å². The summed E-state index contributed by atoms with van der Waals surface area (Å²) in [6.07, 6.45) is 2.24. The monoisotopic (exact) mass is 171 g/mol. The van der Waals surface area contributed by atoms with Gasteiger partial charge in [-0.05, 0) is 13.3 Å². The Morgan fingerprint density at radius 1 is 1.64 bits per heavy atom. The highest BCUT2D eigenvalue weighted by atomic mass is 32.1.